The second-order valence-electron chi connectivity index (χ2n) is 5.61. The molecule has 1 aliphatic carbocycles. The first-order chi connectivity index (χ1) is 10.8. The van der Waals surface area contributed by atoms with Crippen LogP contribution in [0.2, 0.25) is 0 Å². The van der Waals surface area contributed by atoms with Crippen molar-refractivity contribution in [3.63, 3.8) is 0 Å². The first-order valence-electron chi connectivity index (χ1n) is 7.31. The van der Waals surface area contributed by atoms with Crippen molar-refractivity contribution in [2.45, 2.75) is 26.0 Å². The van der Waals surface area contributed by atoms with Gasteiger partial charge < -0.3 is 9.15 Å². The molecule has 0 radical (unpaired) electrons. The molecule has 112 valence electrons. The predicted molar refractivity (Wildman–Crippen MR) is 79.6 cm³/mol. The molecule has 0 atom stereocenters. The second kappa shape index (κ2) is 5.29. The monoisotopic (exact) mass is 297 g/mol. The van der Waals surface area contributed by atoms with Gasteiger partial charge in [0, 0.05) is 18.7 Å². The van der Waals surface area contributed by atoms with Gasteiger partial charge in [0.15, 0.2) is 5.43 Å². The maximum atomic E-state index is 11.6. The Labute approximate surface area is 126 Å². The molecule has 0 amide bonds. The van der Waals surface area contributed by atoms with Crippen molar-refractivity contribution < 1.29 is 9.15 Å². The minimum absolute atomic E-state index is 0.0594. The van der Waals surface area contributed by atoms with E-state index in [1.165, 1.54) is 25.2 Å². The molecule has 1 fully saturated rings. The SMILES string of the molecule is O=c1ccoc2cc(OCc3cn(CC4CC4)nn3)ccc12. The summed E-state index contributed by atoms with van der Waals surface area (Å²) in [6.45, 7) is 1.28. The fourth-order valence-corrected chi connectivity index (χ4v) is 2.37. The molecule has 0 saturated heterocycles. The Bertz CT molecular complexity index is 864. The first kappa shape index (κ1) is 13.1. The molecule has 3 aromatic rings. The zero-order valence-corrected chi connectivity index (χ0v) is 11.9. The largest absolute Gasteiger partial charge is 0.487 e. The van der Waals surface area contributed by atoms with Gasteiger partial charge in [-0.05, 0) is 30.9 Å². The average molecular weight is 297 g/mol. The van der Waals surface area contributed by atoms with Crippen molar-refractivity contribution in [1.82, 2.24) is 15.0 Å². The molecular weight excluding hydrogens is 282 g/mol. The summed E-state index contributed by atoms with van der Waals surface area (Å²) in [5.41, 5.74) is 1.24. The highest BCUT2D eigenvalue weighted by Gasteiger charge is 2.22. The summed E-state index contributed by atoms with van der Waals surface area (Å²) >= 11 is 0. The smallest absolute Gasteiger partial charge is 0.192 e. The van der Waals surface area contributed by atoms with Crippen LogP contribution in [0.3, 0.4) is 0 Å². The minimum atomic E-state index is -0.0594. The molecule has 4 rings (SSSR count). The highest BCUT2D eigenvalue weighted by Crippen LogP contribution is 2.30. The third-order valence-electron chi connectivity index (χ3n) is 3.75. The Morgan fingerprint density at radius 3 is 3.09 bits per heavy atom. The van der Waals surface area contributed by atoms with Gasteiger partial charge in [0.1, 0.15) is 23.6 Å². The minimum Gasteiger partial charge on any atom is -0.487 e. The van der Waals surface area contributed by atoms with Gasteiger partial charge in [0.05, 0.1) is 17.8 Å². The lowest BCUT2D eigenvalue weighted by atomic mass is 10.2. The van der Waals surface area contributed by atoms with E-state index in [4.69, 9.17) is 9.15 Å². The van der Waals surface area contributed by atoms with Crippen LogP contribution in [0, 0.1) is 5.92 Å². The van der Waals surface area contributed by atoms with E-state index in [0.29, 0.717) is 23.3 Å². The van der Waals surface area contributed by atoms with Gasteiger partial charge in [0.25, 0.3) is 0 Å². The second-order valence-corrected chi connectivity index (χ2v) is 5.61. The zero-order chi connectivity index (χ0) is 14.9. The summed E-state index contributed by atoms with van der Waals surface area (Å²) in [5, 5.41) is 8.75. The average Bonchev–Trinajstić information content (AvgIpc) is 3.22. The van der Waals surface area contributed by atoms with E-state index in [-0.39, 0.29) is 5.43 Å². The van der Waals surface area contributed by atoms with E-state index < -0.39 is 0 Å². The molecule has 1 saturated carbocycles. The molecule has 0 bridgehead atoms. The topological polar surface area (TPSA) is 70.2 Å². The van der Waals surface area contributed by atoms with Crippen LogP contribution in [-0.2, 0) is 13.2 Å². The van der Waals surface area contributed by atoms with Gasteiger partial charge in [-0.3, -0.25) is 9.48 Å². The zero-order valence-electron chi connectivity index (χ0n) is 11.9. The molecular formula is C16H15N3O3. The Balaban J connectivity index is 1.46. The van der Waals surface area contributed by atoms with Crippen LogP contribution in [0.5, 0.6) is 5.75 Å². The summed E-state index contributed by atoms with van der Waals surface area (Å²) in [4.78, 5) is 11.6. The van der Waals surface area contributed by atoms with Crippen LogP contribution in [0.4, 0.5) is 0 Å². The molecule has 0 spiro atoms. The van der Waals surface area contributed by atoms with Gasteiger partial charge in [-0.25, -0.2) is 0 Å². The van der Waals surface area contributed by atoms with E-state index in [1.54, 1.807) is 18.2 Å². The summed E-state index contributed by atoms with van der Waals surface area (Å²) in [6, 6.07) is 6.58. The lowest BCUT2D eigenvalue weighted by Crippen LogP contribution is -2.00. The number of hydrogen-bond acceptors (Lipinski definition) is 5. The summed E-state index contributed by atoms with van der Waals surface area (Å²) in [7, 11) is 0. The van der Waals surface area contributed by atoms with E-state index in [1.807, 2.05) is 10.9 Å². The Hall–Kier alpha value is -2.63. The third-order valence-corrected chi connectivity index (χ3v) is 3.75. The van der Waals surface area contributed by atoms with Crippen LogP contribution in [0.1, 0.15) is 18.5 Å². The maximum absolute atomic E-state index is 11.6. The summed E-state index contributed by atoms with van der Waals surface area (Å²) in [5.74, 6) is 1.40. The highest BCUT2D eigenvalue weighted by molar-refractivity contribution is 5.77. The molecule has 2 heterocycles. The quantitative estimate of drug-likeness (QED) is 0.723. The molecule has 6 nitrogen and oxygen atoms in total. The third kappa shape index (κ3) is 2.72. The fraction of sp³-hybridized carbons (Fsp3) is 0.312. The number of ether oxygens (including phenoxy) is 1. The number of aromatic nitrogens is 3. The van der Waals surface area contributed by atoms with E-state index in [0.717, 1.165) is 18.2 Å². The van der Waals surface area contributed by atoms with E-state index >= 15 is 0 Å². The molecule has 22 heavy (non-hydrogen) atoms. The van der Waals surface area contributed by atoms with Crippen LogP contribution in [0.25, 0.3) is 11.0 Å². The van der Waals surface area contributed by atoms with E-state index in [2.05, 4.69) is 10.3 Å². The van der Waals surface area contributed by atoms with Crippen LogP contribution in [-0.4, -0.2) is 15.0 Å². The Morgan fingerprint density at radius 1 is 1.32 bits per heavy atom. The molecule has 0 unspecified atom stereocenters. The van der Waals surface area contributed by atoms with Crippen LogP contribution < -0.4 is 10.2 Å². The standard InChI is InChI=1S/C16H15N3O3/c20-15-5-6-21-16-7-13(3-4-14(15)16)22-10-12-9-19(18-17-12)8-11-1-2-11/h3-7,9,11H,1-2,8,10H2. The molecule has 6 heteroatoms. The number of nitrogens with zero attached hydrogens (tertiary/aromatic N) is 3. The van der Waals surface area contributed by atoms with Gasteiger partial charge >= 0.3 is 0 Å². The predicted octanol–water partition coefficient (Wildman–Crippen LogP) is 2.37. The van der Waals surface area contributed by atoms with Gasteiger partial charge in [-0.15, -0.1) is 5.10 Å². The highest BCUT2D eigenvalue weighted by atomic mass is 16.5. The molecule has 1 aliphatic rings. The van der Waals surface area contributed by atoms with Crippen molar-refractivity contribution in [2.24, 2.45) is 5.92 Å². The van der Waals surface area contributed by atoms with Crippen molar-refractivity contribution in [3.8, 4) is 5.75 Å². The number of hydrogen-bond donors (Lipinski definition) is 0. The first-order valence-corrected chi connectivity index (χ1v) is 7.31. The Kier molecular flexibility index (Phi) is 3.14. The maximum Gasteiger partial charge on any atom is 0.192 e. The normalized spacial score (nSPS) is 14.4. The van der Waals surface area contributed by atoms with E-state index in [9.17, 15) is 4.79 Å². The molecule has 1 aromatic carbocycles. The summed E-state index contributed by atoms with van der Waals surface area (Å²) < 4.78 is 12.9. The van der Waals surface area contributed by atoms with Gasteiger partial charge in [-0.2, -0.15) is 0 Å². The van der Waals surface area contributed by atoms with Crippen LogP contribution >= 0.6 is 0 Å². The molecule has 0 N–H and O–H groups in total. The molecule has 2 aromatic heterocycles. The molecule has 0 aliphatic heterocycles. The van der Waals surface area contributed by atoms with Crippen LogP contribution in [0.15, 0.2) is 45.9 Å². The van der Waals surface area contributed by atoms with Crippen molar-refractivity contribution in [2.75, 3.05) is 0 Å². The summed E-state index contributed by atoms with van der Waals surface area (Å²) in [6.07, 6.45) is 5.87. The Morgan fingerprint density at radius 2 is 2.23 bits per heavy atom. The van der Waals surface area contributed by atoms with Crippen molar-refractivity contribution >= 4 is 11.0 Å². The number of benzene rings is 1. The number of fused-ring (bicyclic) bond motifs is 1. The lowest BCUT2D eigenvalue weighted by Gasteiger charge is -2.04. The van der Waals surface area contributed by atoms with Gasteiger partial charge in [-0.1, -0.05) is 5.21 Å². The van der Waals surface area contributed by atoms with Gasteiger partial charge in [0.2, 0.25) is 0 Å². The van der Waals surface area contributed by atoms with Crippen molar-refractivity contribution in [3.05, 3.63) is 52.6 Å². The van der Waals surface area contributed by atoms with Crippen molar-refractivity contribution in [1.29, 1.82) is 0 Å². The fourth-order valence-electron chi connectivity index (χ4n) is 2.37. The number of rotatable bonds is 5. The lowest BCUT2D eigenvalue weighted by molar-refractivity contribution is 0.301.